The average Bonchev–Trinajstić information content (AvgIpc) is 3.22. The fraction of sp³-hybridized carbons (Fsp3) is 0.385. The number of esters is 1. The van der Waals surface area contributed by atoms with Crippen molar-refractivity contribution in [3.05, 3.63) is 77.4 Å². The topological polar surface area (TPSA) is 55.4 Å². The smallest absolute Gasteiger partial charge is 0.313 e. The highest BCUT2D eigenvalue weighted by Crippen LogP contribution is 2.52. The molecule has 0 radical (unpaired) electrons. The molecule has 1 aliphatic carbocycles. The largest absolute Gasteiger partial charge is 0.465 e. The van der Waals surface area contributed by atoms with Crippen molar-refractivity contribution in [1.29, 1.82) is 0 Å². The van der Waals surface area contributed by atoms with E-state index in [4.69, 9.17) is 4.74 Å². The standard InChI is InChI=1S/C26H29NO3/c1-3-4-5-19-6-10-21(11-7-19)24(28)27-23-12-8-20(9-13-23)16-26-15-18(2)14-22(26)17-30-25(26)29/h6-13,22H,2-5,14-17H2,1H3,(H,27,28). The normalized spacial score (nSPS) is 22.6. The van der Waals surface area contributed by atoms with Gasteiger partial charge in [0, 0.05) is 17.2 Å². The van der Waals surface area contributed by atoms with Crippen molar-refractivity contribution in [3.8, 4) is 0 Å². The molecular formula is C26H29NO3. The van der Waals surface area contributed by atoms with E-state index in [0.29, 0.717) is 25.0 Å². The summed E-state index contributed by atoms with van der Waals surface area (Å²) >= 11 is 0. The first-order valence-corrected chi connectivity index (χ1v) is 10.8. The van der Waals surface area contributed by atoms with Gasteiger partial charge in [-0.25, -0.2) is 0 Å². The number of hydrogen-bond acceptors (Lipinski definition) is 3. The molecule has 1 aliphatic heterocycles. The molecule has 4 nitrogen and oxygen atoms in total. The fourth-order valence-corrected chi connectivity index (χ4v) is 4.74. The van der Waals surface area contributed by atoms with Crippen molar-refractivity contribution in [3.63, 3.8) is 0 Å². The molecule has 1 amide bonds. The summed E-state index contributed by atoms with van der Waals surface area (Å²) in [4.78, 5) is 25.0. The number of carbonyl (C=O) groups is 2. The summed E-state index contributed by atoms with van der Waals surface area (Å²) in [5.74, 6) is 0.0259. The molecule has 2 fully saturated rings. The number of hydrogen-bond donors (Lipinski definition) is 1. The molecule has 1 heterocycles. The number of nitrogens with one attached hydrogen (secondary N) is 1. The number of allylic oxidation sites excluding steroid dienone is 1. The summed E-state index contributed by atoms with van der Waals surface area (Å²) in [6, 6.07) is 15.6. The quantitative estimate of drug-likeness (QED) is 0.502. The van der Waals surface area contributed by atoms with Gasteiger partial charge in [0.25, 0.3) is 5.91 Å². The minimum atomic E-state index is -0.457. The zero-order valence-corrected chi connectivity index (χ0v) is 17.6. The van der Waals surface area contributed by atoms with Crippen LogP contribution in [0.1, 0.15) is 54.1 Å². The van der Waals surface area contributed by atoms with Crippen LogP contribution in [0.2, 0.25) is 0 Å². The molecule has 0 aromatic heterocycles. The van der Waals surface area contributed by atoms with Gasteiger partial charge >= 0.3 is 5.97 Å². The van der Waals surface area contributed by atoms with Crippen LogP contribution in [0.5, 0.6) is 0 Å². The summed E-state index contributed by atoms with van der Waals surface area (Å²) in [5.41, 5.74) is 4.42. The third-order valence-electron chi connectivity index (χ3n) is 6.47. The van der Waals surface area contributed by atoms with Gasteiger partial charge in [-0.2, -0.15) is 0 Å². The number of fused-ring (bicyclic) bond motifs is 1. The lowest BCUT2D eigenvalue weighted by Crippen LogP contribution is -2.31. The Bertz CT molecular complexity index is 945. The second-order valence-corrected chi connectivity index (χ2v) is 8.71. The number of amides is 1. The number of cyclic esters (lactones) is 1. The van der Waals surface area contributed by atoms with Gasteiger partial charge in [0.05, 0.1) is 12.0 Å². The lowest BCUT2D eigenvalue weighted by molar-refractivity contribution is -0.146. The summed E-state index contributed by atoms with van der Waals surface area (Å²) < 4.78 is 5.36. The van der Waals surface area contributed by atoms with Crippen LogP contribution in [0, 0.1) is 11.3 Å². The first-order valence-electron chi connectivity index (χ1n) is 10.8. The molecule has 156 valence electrons. The van der Waals surface area contributed by atoms with Crippen LogP contribution in [0.4, 0.5) is 5.69 Å². The summed E-state index contributed by atoms with van der Waals surface area (Å²) in [7, 11) is 0. The van der Waals surface area contributed by atoms with Crippen LogP contribution in [0.3, 0.4) is 0 Å². The van der Waals surface area contributed by atoms with Crippen LogP contribution in [0.15, 0.2) is 60.7 Å². The summed E-state index contributed by atoms with van der Waals surface area (Å²) in [6.45, 7) is 6.78. The van der Waals surface area contributed by atoms with E-state index < -0.39 is 5.41 Å². The lowest BCUT2D eigenvalue weighted by Gasteiger charge is -2.24. The SMILES string of the molecule is C=C1CC2COC(=O)C2(Cc2ccc(NC(=O)c3ccc(CCCC)cc3)cc2)C1. The maximum absolute atomic E-state index is 12.5. The van der Waals surface area contributed by atoms with Gasteiger partial charge in [-0.3, -0.25) is 9.59 Å². The lowest BCUT2D eigenvalue weighted by atomic mass is 9.75. The van der Waals surface area contributed by atoms with Crippen molar-refractivity contribution < 1.29 is 14.3 Å². The van der Waals surface area contributed by atoms with Gasteiger partial charge in [-0.15, -0.1) is 0 Å². The van der Waals surface area contributed by atoms with Crippen LogP contribution in [-0.2, 0) is 22.4 Å². The molecule has 2 unspecified atom stereocenters. The van der Waals surface area contributed by atoms with E-state index >= 15 is 0 Å². The Morgan fingerprint density at radius 3 is 2.53 bits per heavy atom. The van der Waals surface area contributed by atoms with Gasteiger partial charge in [-0.05, 0) is 67.5 Å². The number of benzene rings is 2. The number of anilines is 1. The third kappa shape index (κ3) is 4.04. The van der Waals surface area contributed by atoms with E-state index in [0.717, 1.165) is 42.5 Å². The molecule has 2 atom stereocenters. The van der Waals surface area contributed by atoms with Gasteiger partial charge in [0.1, 0.15) is 0 Å². The predicted molar refractivity (Wildman–Crippen MR) is 118 cm³/mol. The molecule has 0 bridgehead atoms. The van der Waals surface area contributed by atoms with E-state index in [2.05, 4.69) is 18.8 Å². The van der Waals surface area contributed by atoms with Crippen LogP contribution in [-0.4, -0.2) is 18.5 Å². The van der Waals surface area contributed by atoms with Crippen molar-refractivity contribution >= 4 is 17.6 Å². The van der Waals surface area contributed by atoms with Gasteiger partial charge < -0.3 is 10.1 Å². The summed E-state index contributed by atoms with van der Waals surface area (Å²) in [6.07, 6.45) is 5.61. The highest BCUT2D eigenvalue weighted by molar-refractivity contribution is 6.04. The molecule has 2 aromatic rings. The van der Waals surface area contributed by atoms with E-state index in [9.17, 15) is 9.59 Å². The second kappa shape index (κ2) is 8.47. The maximum Gasteiger partial charge on any atom is 0.313 e. The Labute approximate surface area is 178 Å². The van der Waals surface area contributed by atoms with Crippen LogP contribution in [0.25, 0.3) is 0 Å². The van der Waals surface area contributed by atoms with E-state index in [1.54, 1.807) is 0 Å². The fourth-order valence-electron chi connectivity index (χ4n) is 4.74. The number of ether oxygens (including phenoxy) is 1. The van der Waals surface area contributed by atoms with E-state index in [1.807, 2.05) is 48.5 Å². The van der Waals surface area contributed by atoms with Crippen LogP contribution < -0.4 is 5.32 Å². The number of unbranched alkanes of at least 4 members (excludes halogenated alkanes) is 1. The molecule has 0 spiro atoms. The van der Waals surface area contributed by atoms with Crippen molar-refractivity contribution in [2.24, 2.45) is 11.3 Å². The highest BCUT2D eigenvalue weighted by atomic mass is 16.5. The predicted octanol–water partition coefficient (Wildman–Crippen LogP) is 5.33. The second-order valence-electron chi connectivity index (χ2n) is 8.71. The first-order chi connectivity index (χ1) is 14.5. The number of carbonyl (C=O) groups excluding carboxylic acids is 2. The Kier molecular flexibility index (Phi) is 5.76. The molecule has 1 saturated carbocycles. The van der Waals surface area contributed by atoms with Crippen molar-refractivity contribution in [2.45, 2.75) is 45.4 Å². The van der Waals surface area contributed by atoms with Gasteiger partial charge in [-0.1, -0.05) is 49.8 Å². The van der Waals surface area contributed by atoms with Crippen LogP contribution >= 0.6 is 0 Å². The molecule has 1 N–H and O–H groups in total. The highest BCUT2D eigenvalue weighted by Gasteiger charge is 2.55. The number of rotatable bonds is 7. The van der Waals surface area contributed by atoms with Crippen molar-refractivity contribution in [2.75, 3.05) is 11.9 Å². The minimum Gasteiger partial charge on any atom is -0.465 e. The molecule has 4 rings (SSSR count). The Morgan fingerprint density at radius 1 is 1.13 bits per heavy atom. The van der Waals surface area contributed by atoms with E-state index in [1.165, 1.54) is 5.56 Å². The summed E-state index contributed by atoms with van der Waals surface area (Å²) in [5, 5.41) is 2.96. The molecule has 2 aliphatic rings. The van der Waals surface area contributed by atoms with Gasteiger partial charge in [0.15, 0.2) is 0 Å². The average molecular weight is 404 g/mol. The minimum absolute atomic E-state index is 0.0917. The van der Waals surface area contributed by atoms with Gasteiger partial charge in [0.2, 0.25) is 0 Å². The van der Waals surface area contributed by atoms with Crippen molar-refractivity contribution in [1.82, 2.24) is 0 Å². The Balaban J connectivity index is 1.40. The Morgan fingerprint density at radius 2 is 1.83 bits per heavy atom. The number of aryl methyl sites for hydroxylation is 1. The third-order valence-corrected chi connectivity index (χ3v) is 6.47. The zero-order valence-electron chi connectivity index (χ0n) is 17.6. The monoisotopic (exact) mass is 403 g/mol. The molecular weight excluding hydrogens is 374 g/mol. The Hall–Kier alpha value is -2.88. The van der Waals surface area contributed by atoms with E-state index in [-0.39, 0.29) is 17.8 Å². The first kappa shape index (κ1) is 20.4. The maximum atomic E-state index is 12.5. The molecule has 1 saturated heterocycles. The molecule has 30 heavy (non-hydrogen) atoms. The zero-order chi connectivity index (χ0) is 21.1. The molecule has 2 aromatic carbocycles. The molecule has 4 heteroatoms.